The average molecular weight is 295 g/mol. The van der Waals surface area contributed by atoms with E-state index in [1.807, 2.05) is 30.3 Å². The van der Waals surface area contributed by atoms with Crippen LogP contribution >= 0.6 is 12.4 Å². The highest BCUT2D eigenvalue weighted by molar-refractivity contribution is 5.85. The molecule has 0 aliphatic heterocycles. The summed E-state index contributed by atoms with van der Waals surface area (Å²) in [6.45, 7) is 0.349. The number of hydrogen-bond acceptors (Lipinski definition) is 4. The molecule has 0 aliphatic carbocycles. The Morgan fingerprint density at radius 2 is 1.70 bits per heavy atom. The number of nitrogens with zero attached hydrogens (tertiary/aromatic N) is 1. The molecule has 2 aromatic rings. The summed E-state index contributed by atoms with van der Waals surface area (Å²) < 4.78 is 0. The second-order valence-corrected chi connectivity index (χ2v) is 4.11. The summed E-state index contributed by atoms with van der Waals surface area (Å²) in [4.78, 5) is 10.1. The van der Waals surface area contributed by atoms with Crippen molar-refractivity contribution in [2.75, 3.05) is 11.9 Å². The molecule has 1 atom stereocenters. The van der Waals surface area contributed by atoms with Crippen LogP contribution in [0.1, 0.15) is 11.7 Å². The second kappa shape index (κ2) is 7.47. The molecule has 0 saturated heterocycles. The molecule has 0 radical (unpaired) electrons. The number of anilines is 1. The van der Waals surface area contributed by atoms with Crippen LogP contribution in [0.15, 0.2) is 54.6 Å². The molecule has 0 fully saturated rings. The van der Waals surface area contributed by atoms with E-state index in [2.05, 4.69) is 5.32 Å². The lowest BCUT2D eigenvalue weighted by molar-refractivity contribution is -0.384. The number of benzene rings is 2. The zero-order valence-corrected chi connectivity index (χ0v) is 11.4. The van der Waals surface area contributed by atoms with Gasteiger partial charge in [0.1, 0.15) is 0 Å². The zero-order chi connectivity index (χ0) is 13.7. The van der Waals surface area contributed by atoms with E-state index in [4.69, 9.17) is 0 Å². The molecule has 6 heteroatoms. The Hall–Kier alpha value is -2.11. The Labute approximate surface area is 122 Å². The molecule has 2 N–H and O–H groups in total. The van der Waals surface area contributed by atoms with Crippen molar-refractivity contribution in [2.24, 2.45) is 0 Å². The molecule has 0 bridgehead atoms. The first-order valence-electron chi connectivity index (χ1n) is 5.88. The van der Waals surface area contributed by atoms with Crippen molar-refractivity contribution in [1.82, 2.24) is 0 Å². The topological polar surface area (TPSA) is 75.4 Å². The number of nitro groups is 1. The van der Waals surface area contributed by atoms with Gasteiger partial charge in [-0.3, -0.25) is 10.1 Å². The van der Waals surface area contributed by atoms with Gasteiger partial charge in [0.05, 0.1) is 11.0 Å². The van der Waals surface area contributed by atoms with E-state index < -0.39 is 11.0 Å². The molecule has 0 saturated carbocycles. The van der Waals surface area contributed by atoms with Crippen molar-refractivity contribution in [1.29, 1.82) is 0 Å². The molecule has 0 spiro atoms. The highest BCUT2D eigenvalue weighted by Gasteiger charge is 2.07. The maximum atomic E-state index is 10.5. The minimum atomic E-state index is -0.614. The quantitative estimate of drug-likeness (QED) is 0.656. The molecule has 20 heavy (non-hydrogen) atoms. The van der Waals surface area contributed by atoms with E-state index in [0.717, 1.165) is 11.3 Å². The number of nitro benzene ring substituents is 1. The van der Waals surface area contributed by atoms with Crippen molar-refractivity contribution in [3.63, 3.8) is 0 Å². The molecule has 0 unspecified atom stereocenters. The fourth-order valence-electron chi connectivity index (χ4n) is 1.71. The van der Waals surface area contributed by atoms with Gasteiger partial charge in [-0.05, 0) is 17.7 Å². The van der Waals surface area contributed by atoms with Gasteiger partial charge in [-0.25, -0.2) is 0 Å². The maximum Gasteiger partial charge on any atom is 0.269 e. The minimum Gasteiger partial charge on any atom is -0.387 e. The van der Waals surface area contributed by atoms with Gasteiger partial charge in [-0.15, -0.1) is 12.4 Å². The maximum absolute atomic E-state index is 10.5. The van der Waals surface area contributed by atoms with Crippen LogP contribution < -0.4 is 5.32 Å². The van der Waals surface area contributed by atoms with Crippen LogP contribution in [0.2, 0.25) is 0 Å². The number of rotatable bonds is 5. The van der Waals surface area contributed by atoms with E-state index in [9.17, 15) is 15.2 Å². The molecule has 5 nitrogen and oxygen atoms in total. The third-order valence-electron chi connectivity index (χ3n) is 2.76. The Balaban J connectivity index is 0.00000200. The monoisotopic (exact) mass is 294 g/mol. The molecule has 2 rings (SSSR count). The number of aliphatic hydroxyl groups excluding tert-OH is 1. The standard InChI is InChI=1S/C14H14N2O3.ClH/c17-14(11-4-2-1-3-5-11)10-15-12-6-8-13(9-7-12)16(18)19;/h1-9,14-15,17H,10H2;1H/t14-;/m0./s1. The molecule has 106 valence electrons. The molecule has 0 heterocycles. The largest absolute Gasteiger partial charge is 0.387 e. The van der Waals surface area contributed by atoms with Crippen molar-refractivity contribution >= 4 is 23.8 Å². The minimum absolute atomic E-state index is 0. The van der Waals surface area contributed by atoms with Crippen molar-refractivity contribution in [3.05, 3.63) is 70.3 Å². The van der Waals surface area contributed by atoms with E-state index in [1.54, 1.807) is 12.1 Å². The number of hydrogen-bond donors (Lipinski definition) is 2. The fourth-order valence-corrected chi connectivity index (χ4v) is 1.71. The Morgan fingerprint density at radius 1 is 1.10 bits per heavy atom. The molecule has 2 aromatic carbocycles. The van der Waals surface area contributed by atoms with Gasteiger partial charge in [0.25, 0.3) is 5.69 Å². The van der Waals surface area contributed by atoms with Gasteiger partial charge in [-0.2, -0.15) is 0 Å². The van der Waals surface area contributed by atoms with Gasteiger partial charge >= 0.3 is 0 Å². The predicted molar refractivity (Wildman–Crippen MR) is 80.2 cm³/mol. The van der Waals surface area contributed by atoms with Crippen LogP contribution in [-0.4, -0.2) is 16.6 Å². The summed E-state index contributed by atoms with van der Waals surface area (Å²) >= 11 is 0. The molecule has 0 amide bonds. The third kappa shape index (κ3) is 4.22. The van der Waals surface area contributed by atoms with Gasteiger partial charge in [0, 0.05) is 24.4 Å². The highest BCUT2D eigenvalue weighted by atomic mass is 35.5. The first kappa shape index (κ1) is 15.9. The SMILES string of the molecule is Cl.O=[N+]([O-])c1ccc(NC[C@H](O)c2ccccc2)cc1. The summed E-state index contributed by atoms with van der Waals surface area (Å²) in [5.74, 6) is 0. The van der Waals surface area contributed by atoms with Crippen LogP contribution in [0.25, 0.3) is 0 Å². The fraction of sp³-hybridized carbons (Fsp3) is 0.143. The Kier molecular flexibility index (Phi) is 5.96. The smallest absolute Gasteiger partial charge is 0.269 e. The Bertz CT molecular complexity index is 546. The van der Waals surface area contributed by atoms with E-state index in [1.165, 1.54) is 12.1 Å². The first-order chi connectivity index (χ1) is 9.16. The summed E-state index contributed by atoms with van der Waals surface area (Å²) in [7, 11) is 0. The normalized spacial score (nSPS) is 11.2. The lowest BCUT2D eigenvalue weighted by atomic mass is 10.1. The first-order valence-corrected chi connectivity index (χ1v) is 5.88. The summed E-state index contributed by atoms with van der Waals surface area (Å²) in [5, 5.41) is 23.5. The van der Waals surface area contributed by atoms with Gasteiger partial charge < -0.3 is 10.4 Å². The van der Waals surface area contributed by atoms with Gasteiger partial charge in [0.2, 0.25) is 0 Å². The highest BCUT2D eigenvalue weighted by Crippen LogP contribution is 2.17. The number of nitrogens with one attached hydrogen (secondary N) is 1. The molecular formula is C14H15ClN2O3. The van der Waals surface area contributed by atoms with Crippen LogP contribution in [0.5, 0.6) is 0 Å². The van der Waals surface area contributed by atoms with Crippen molar-refractivity contribution in [3.8, 4) is 0 Å². The predicted octanol–water partition coefficient (Wildman–Crippen LogP) is 3.16. The van der Waals surface area contributed by atoms with E-state index in [-0.39, 0.29) is 18.1 Å². The number of non-ortho nitro benzene ring substituents is 1. The summed E-state index contributed by atoms with van der Waals surface area (Å²) in [5.41, 5.74) is 1.62. The lowest BCUT2D eigenvalue weighted by Gasteiger charge is -2.12. The summed E-state index contributed by atoms with van der Waals surface area (Å²) in [6, 6.07) is 15.4. The number of aliphatic hydroxyl groups is 1. The Morgan fingerprint density at radius 3 is 2.25 bits per heavy atom. The zero-order valence-electron chi connectivity index (χ0n) is 10.6. The second-order valence-electron chi connectivity index (χ2n) is 4.11. The van der Waals surface area contributed by atoms with Crippen molar-refractivity contribution < 1.29 is 10.0 Å². The van der Waals surface area contributed by atoms with Gasteiger partial charge in [0.15, 0.2) is 0 Å². The van der Waals surface area contributed by atoms with Crippen LogP contribution in [-0.2, 0) is 0 Å². The molecular weight excluding hydrogens is 280 g/mol. The van der Waals surface area contributed by atoms with Crippen molar-refractivity contribution in [2.45, 2.75) is 6.10 Å². The third-order valence-corrected chi connectivity index (χ3v) is 2.76. The average Bonchev–Trinajstić information content (AvgIpc) is 2.46. The number of halogens is 1. The molecule has 0 aromatic heterocycles. The van der Waals surface area contributed by atoms with Crippen LogP contribution in [0, 0.1) is 10.1 Å². The van der Waals surface area contributed by atoms with Crippen LogP contribution in [0.3, 0.4) is 0 Å². The lowest BCUT2D eigenvalue weighted by Crippen LogP contribution is -2.11. The summed E-state index contributed by atoms with van der Waals surface area (Å²) in [6.07, 6.45) is -0.614. The van der Waals surface area contributed by atoms with E-state index in [0.29, 0.717) is 6.54 Å². The van der Waals surface area contributed by atoms with E-state index >= 15 is 0 Å². The van der Waals surface area contributed by atoms with Crippen LogP contribution in [0.4, 0.5) is 11.4 Å². The van der Waals surface area contributed by atoms with Gasteiger partial charge in [-0.1, -0.05) is 30.3 Å². The molecule has 0 aliphatic rings.